The number of fused-ring (bicyclic) bond motifs is 1. The lowest BCUT2D eigenvalue weighted by atomic mass is 9.81. The summed E-state index contributed by atoms with van der Waals surface area (Å²) in [4.78, 5) is 0. The summed E-state index contributed by atoms with van der Waals surface area (Å²) in [5.74, 6) is 0. The summed E-state index contributed by atoms with van der Waals surface area (Å²) in [5.41, 5.74) is 1.69. The number of hydrogen-bond acceptors (Lipinski definition) is 2. The second kappa shape index (κ2) is 5.09. The zero-order chi connectivity index (χ0) is 12.5. The van der Waals surface area contributed by atoms with E-state index in [2.05, 4.69) is 58.7 Å². The van der Waals surface area contributed by atoms with Gasteiger partial charge in [-0.3, -0.25) is 0 Å². The van der Waals surface area contributed by atoms with Gasteiger partial charge < -0.3 is 5.32 Å². The largest absolute Gasteiger partial charge is 0.320 e. The monoisotopic (exact) mass is 311 g/mol. The van der Waals surface area contributed by atoms with E-state index in [4.69, 9.17) is 0 Å². The van der Waals surface area contributed by atoms with Crippen LogP contribution >= 0.6 is 27.3 Å². The van der Waals surface area contributed by atoms with Crippen molar-refractivity contribution in [3.63, 3.8) is 0 Å². The third-order valence-corrected chi connectivity index (χ3v) is 5.23. The molecule has 0 unspecified atom stereocenters. The molecule has 2 aromatic rings. The zero-order valence-electron chi connectivity index (χ0n) is 10.5. The highest BCUT2D eigenvalue weighted by Crippen LogP contribution is 2.39. The highest BCUT2D eigenvalue weighted by Gasteiger charge is 2.23. The zero-order valence-corrected chi connectivity index (χ0v) is 12.9. The van der Waals surface area contributed by atoms with E-state index in [1.807, 2.05) is 18.4 Å². The van der Waals surface area contributed by atoms with Gasteiger partial charge in [0.2, 0.25) is 0 Å². The number of rotatable bonds is 4. The van der Waals surface area contributed by atoms with Gasteiger partial charge in [-0.15, -0.1) is 11.3 Å². The van der Waals surface area contributed by atoms with Crippen molar-refractivity contribution in [2.45, 2.75) is 25.7 Å². The van der Waals surface area contributed by atoms with Crippen molar-refractivity contribution in [2.24, 2.45) is 0 Å². The van der Waals surface area contributed by atoms with Gasteiger partial charge in [-0.2, -0.15) is 0 Å². The molecule has 1 N–H and O–H groups in total. The first-order valence-electron chi connectivity index (χ1n) is 5.87. The molecule has 17 heavy (non-hydrogen) atoms. The molecule has 2 rings (SSSR count). The third-order valence-electron chi connectivity index (χ3n) is 3.28. The molecule has 0 bridgehead atoms. The third kappa shape index (κ3) is 2.56. The molecule has 0 saturated carbocycles. The molecule has 0 aliphatic carbocycles. The predicted octanol–water partition coefficient (Wildman–Crippen LogP) is 4.55. The lowest BCUT2D eigenvalue weighted by Crippen LogP contribution is -2.23. The van der Waals surface area contributed by atoms with E-state index < -0.39 is 0 Å². The molecule has 0 aliphatic rings. The van der Waals surface area contributed by atoms with Crippen LogP contribution in [0.1, 0.15) is 25.8 Å². The van der Waals surface area contributed by atoms with Crippen LogP contribution in [0.3, 0.4) is 0 Å². The minimum absolute atomic E-state index is 0.224. The summed E-state index contributed by atoms with van der Waals surface area (Å²) in [6.45, 7) is 5.71. The van der Waals surface area contributed by atoms with Crippen molar-refractivity contribution in [2.75, 3.05) is 13.6 Å². The van der Waals surface area contributed by atoms with Crippen LogP contribution in [-0.4, -0.2) is 13.6 Å². The van der Waals surface area contributed by atoms with E-state index >= 15 is 0 Å². The summed E-state index contributed by atoms with van der Waals surface area (Å²) >= 11 is 5.46. The van der Waals surface area contributed by atoms with Crippen LogP contribution in [0.2, 0.25) is 0 Å². The standard InChI is InChI=1S/C14H18BrNS/c1-14(2,7-8-16-3)11-9-17-13-10(11)5-4-6-12(13)15/h4-6,9,16H,7-8H2,1-3H3. The van der Waals surface area contributed by atoms with Crippen molar-refractivity contribution in [3.8, 4) is 0 Å². The van der Waals surface area contributed by atoms with E-state index in [0.29, 0.717) is 0 Å². The molecule has 3 heteroatoms. The first kappa shape index (κ1) is 13.1. The fourth-order valence-corrected chi connectivity index (χ4v) is 3.93. The maximum absolute atomic E-state index is 3.63. The Morgan fingerprint density at radius 2 is 2.12 bits per heavy atom. The number of halogens is 1. The van der Waals surface area contributed by atoms with E-state index in [-0.39, 0.29) is 5.41 Å². The summed E-state index contributed by atoms with van der Waals surface area (Å²) < 4.78 is 2.57. The van der Waals surface area contributed by atoms with Crippen molar-refractivity contribution in [1.29, 1.82) is 0 Å². The molecule has 1 heterocycles. The second-order valence-corrected chi connectivity index (χ2v) is 6.74. The van der Waals surface area contributed by atoms with E-state index in [1.165, 1.54) is 20.1 Å². The predicted molar refractivity (Wildman–Crippen MR) is 81.1 cm³/mol. The Morgan fingerprint density at radius 3 is 2.82 bits per heavy atom. The van der Waals surface area contributed by atoms with Gasteiger partial charge >= 0.3 is 0 Å². The van der Waals surface area contributed by atoms with Crippen LogP contribution in [0.5, 0.6) is 0 Å². The summed E-state index contributed by atoms with van der Waals surface area (Å²) in [6, 6.07) is 6.47. The van der Waals surface area contributed by atoms with Gasteiger partial charge in [0, 0.05) is 9.17 Å². The van der Waals surface area contributed by atoms with E-state index in [0.717, 1.165) is 13.0 Å². The highest BCUT2D eigenvalue weighted by atomic mass is 79.9. The smallest absolute Gasteiger partial charge is 0.0487 e. The number of thiophene rings is 1. The van der Waals surface area contributed by atoms with Gasteiger partial charge in [0.25, 0.3) is 0 Å². The molecular weight excluding hydrogens is 294 g/mol. The summed E-state index contributed by atoms with van der Waals surface area (Å²) in [6.07, 6.45) is 1.15. The quantitative estimate of drug-likeness (QED) is 0.873. The van der Waals surface area contributed by atoms with Crippen LogP contribution in [0.25, 0.3) is 10.1 Å². The molecule has 1 aromatic heterocycles. The van der Waals surface area contributed by atoms with Gasteiger partial charge in [-0.25, -0.2) is 0 Å². The van der Waals surface area contributed by atoms with E-state index in [1.54, 1.807) is 0 Å². The van der Waals surface area contributed by atoms with Crippen LogP contribution in [0, 0.1) is 0 Å². The Balaban J connectivity index is 2.45. The Bertz CT molecular complexity index is 516. The molecule has 0 aliphatic heterocycles. The van der Waals surface area contributed by atoms with Gasteiger partial charge in [-0.1, -0.05) is 26.0 Å². The van der Waals surface area contributed by atoms with Gasteiger partial charge in [0.1, 0.15) is 0 Å². The van der Waals surface area contributed by atoms with E-state index in [9.17, 15) is 0 Å². The molecule has 92 valence electrons. The minimum atomic E-state index is 0.224. The number of benzene rings is 1. The summed E-state index contributed by atoms with van der Waals surface area (Å²) in [7, 11) is 2.01. The second-order valence-electron chi connectivity index (χ2n) is 5.00. The maximum atomic E-state index is 3.63. The van der Waals surface area contributed by atoms with Crippen LogP contribution in [0.4, 0.5) is 0 Å². The topological polar surface area (TPSA) is 12.0 Å². The molecule has 1 aromatic carbocycles. The first-order valence-corrected chi connectivity index (χ1v) is 7.54. The summed E-state index contributed by atoms with van der Waals surface area (Å²) in [5, 5.41) is 6.94. The van der Waals surface area contributed by atoms with Crippen molar-refractivity contribution >= 4 is 37.4 Å². The Morgan fingerprint density at radius 1 is 1.35 bits per heavy atom. The Kier molecular flexibility index (Phi) is 3.91. The van der Waals surface area contributed by atoms with Gasteiger partial charge in [-0.05, 0) is 63.8 Å². The molecule has 0 fully saturated rings. The van der Waals surface area contributed by atoms with Gasteiger partial charge in [0.05, 0.1) is 0 Å². The lowest BCUT2D eigenvalue weighted by molar-refractivity contribution is 0.473. The number of hydrogen-bond donors (Lipinski definition) is 1. The number of nitrogens with one attached hydrogen (secondary N) is 1. The maximum Gasteiger partial charge on any atom is 0.0487 e. The van der Waals surface area contributed by atoms with Crippen molar-refractivity contribution < 1.29 is 0 Å². The molecule has 0 atom stereocenters. The average molecular weight is 312 g/mol. The molecular formula is C14H18BrNS. The Labute approximate surface area is 115 Å². The molecule has 0 radical (unpaired) electrons. The van der Waals surface area contributed by atoms with Crippen LogP contribution in [-0.2, 0) is 5.41 Å². The molecule has 0 amide bonds. The van der Waals surface area contributed by atoms with Crippen LogP contribution < -0.4 is 5.32 Å². The first-order chi connectivity index (χ1) is 8.06. The Hall–Kier alpha value is -0.380. The minimum Gasteiger partial charge on any atom is -0.320 e. The molecule has 0 saturated heterocycles. The fraction of sp³-hybridized carbons (Fsp3) is 0.429. The fourth-order valence-electron chi connectivity index (χ4n) is 2.12. The average Bonchev–Trinajstić information content (AvgIpc) is 2.72. The van der Waals surface area contributed by atoms with Crippen LogP contribution in [0.15, 0.2) is 28.1 Å². The normalized spacial score (nSPS) is 12.2. The molecule has 1 nitrogen and oxygen atoms in total. The molecule has 0 spiro atoms. The van der Waals surface area contributed by atoms with Gasteiger partial charge in [0.15, 0.2) is 0 Å². The van der Waals surface area contributed by atoms with Crippen molar-refractivity contribution in [1.82, 2.24) is 5.32 Å². The van der Waals surface area contributed by atoms with Crippen molar-refractivity contribution in [3.05, 3.63) is 33.6 Å². The SMILES string of the molecule is CNCCC(C)(C)c1csc2c(Br)cccc12. The lowest BCUT2D eigenvalue weighted by Gasteiger charge is -2.24. The highest BCUT2D eigenvalue weighted by molar-refractivity contribution is 9.10.